The number of hydrogen-bond acceptors (Lipinski definition) is 7. The molecule has 0 saturated carbocycles. The molecular weight excluding hydrogens is 726 g/mol. The van der Waals surface area contributed by atoms with Crippen molar-refractivity contribution >= 4 is 56.9 Å². The first-order valence-corrected chi connectivity index (χ1v) is 18.4. The van der Waals surface area contributed by atoms with Gasteiger partial charge >= 0.3 is 5.97 Å². The molecule has 3 fully saturated rings. The standard InChI is InChI=1S/C38H45BrClN3O7/c1-5-8-14-30(45)49-22-28(24-12-10-9-11-13-24)41-35(46)31-32-36(47)43(29(21-44)23(4)7-3)34(38(32)20-27(39)33(31)50-38)37(48)42(19-6-2)26-17-15-25(40)16-18-26/h5-6,9-13,15-18,23,27-29,31-34,44H,1-2,7-8,14,19-22H2,3-4H3,(H,41,46)/t23-,27?,28+,29-,31-,32+,33-,34-,38+/m0/s1. The number of halogens is 2. The van der Waals surface area contributed by atoms with Gasteiger partial charge in [-0.3, -0.25) is 19.2 Å². The van der Waals surface area contributed by atoms with Crippen molar-refractivity contribution in [3.63, 3.8) is 0 Å². The van der Waals surface area contributed by atoms with Crippen molar-refractivity contribution in [3.8, 4) is 0 Å². The Labute approximate surface area is 306 Å². The maximum Gasteiger partial charge on any atom is 0.306 e. The molecule has 3 heterocycles. The summed E-state index contributed by atoms with van der Waals surface area (Å²) in [6, 6.07) is 13.4. The number of alkyl halides is 1. The second kappa shape index (κ2) is 16.2. The molecule has 2 bridgehead atoms. The molecule has 0 aromatic heterocycles. The van der Waals surface area contributed by atoms with Crippen molar-refractivity contribution in [2.45, 2.75) is 74.2 Å². The predicted octanol–water partition coefficient (Wildman–Crippen LogP) is 5.38. The minimum atomic E-state index is -1.36. The number of carbonyl (C=O) groups is 4. The second-order valence-electron chi connectivity index (χ2n) is 13.2. The fourth-order valence-electron chi connectivity index (χ4n) is 7.68. The van der Waals surface area contributed by atoms with Gasteiger partial charge in [-0.25, -0.2) is 0 Å². The van der Waals surface area contributed by atoms with E-state index in [1.54, 1.807) is 36.4 Å². The summed E-state index contributed by atoms with van der Waals surface area (Å²) in [4.78, 5) is 59.3. The van der Waals surface area contributed by atoms with Gasteiger partial charge in [-0.15, -0.1) is 13.2 Å². The third-order valence-electron chi connectivity index (χ3n) is 10.3. The van der Waals surface area contributed by atoms with E-state index >= 15 is 0 Å². The van der Waals surface area contributed by atoms with Crippen LogP contribution in [0.5, 0.6) is 0 Å². The lowest BCUT2D eigenvalue weighted by atomic mass is 9.70. The van der Waals surface area contributed by atoms with Crippen molar-refractivity contribution in [2.24, 2.45) is 17.8 Å². The van der Waals surface area contributed by atoms with Crippen LogP contribution in [0.4, 0.5) is 5.69 Å². The molecular formula is C38H45BrClN3O7. The quantitative estimate of drug-likeness (QED) is 0.134. The molecule has 268 valence electrons. The molecule has 10 nitrogen and oxygen atoms in total. The molecule has 5 rings (SSSR count). The van der Waals surface area contributed by atoms with Crippen LogP contribution in [-0.2, 0) is 28.7 Å². The van der Waals surface area contributed by atoms with Gasteiger partial charge in [-0.05, 0) is 48.6 Å². The lowest BCUT2D eigenvalue weighted by Gasteiger charge is -2.41. The van der Waals surface area contributed by atoms with E-state index in [9.17, 15) is 24.3 Å². The van der Waals surface area contributed by atoms with E-state index in [1.807, 2.05) is 44.2 Å². The number of aliphatic hydroxyl groups is 1. The maximum atomic E-state index is 14.9. The van der Waals surface area contributed by atoms with Crippen LogP contribution in [0.2, 0.25) is 5.02 Å². The van der Waals surface area contributed by atoms with Crippen LogP contribution in [0.15, 0.2) is 79.9 Å². The van der Waals surface area contributed by atoms with E-state index in [0.29, 0.717) is 30.0 Å². The van der Waals surface area contributed by atoms with Crippen molar-refractivity contribution < 1.29 is 33.8 Å². The Kier molecular flexibility index (Phi) is 12.2. The highest BCUT2D eigenvalue weighted by atomic mass is 79.9. The lowest BCUT2D eigenvalue weighted by Crippen LogP contribution is -2.60. The first kappa shape index (κ1) is 37.7. The molecule has 50 heavy (non-hydrogen) atoms. The van der Waals surface area contributed by atoms with Crippen molar-refractivity contribution in [1.82, 2.24) is 10.2 Å². The van der Waals surface area contributed by atoms with Crippen LogP contribution in [0.25, 0.3) is 0 Å². The largest absolute Gasteiger partial charge is 0.463 e. The number of nitrogens with zero attached hydrogens (tertiary/aromatic N) is 2. The highest BCUT2D eigenvalue weighted by molar-refractivity contribution is 9.09. The van der Waals surface area contributed by atoms with E-state index in [1.165, 1.54) is 9.80 Å². The van der Waals surface area contributed by atoms with E-state index in [0.717, 1.165) is 5.56 Å². The SMILES string of the molecule is C=CCCC(=O)OC[C@@H](NC(=O)[C@@H]1[C@H]2O[C@@]3(CC2Br)[C@H](C(=O)N(CC=C)c2ccc(Cl)cc2)N([C@@H](CO)[C@@H](C)CC)C(=O)[C@@H]13)c1ccccc1. The second-order valence-corrected chi connectivity index (χ2v) is 14.9. The minimum absolute atomic E-state index is 0.114. The number of carbonyl (C=O) groups excluding carboxylic acids is 4. The zero-order chi connectivity index (χ0) is 36.2. The Morgan fingerprint density at radius 1 is 1.18 bits per heavy atom. The van der Waals surface area contributed by atoms with Crippen molar-refractivity contribution in [1.29, 1.82) is 0 Å². The summed E-state index contributed by atoms with van der Waals surface area (Å²) in [7, 11) is 0. The first-order valence-electron chi connectivity index (χ1n) is 17.1. The molecule has 3 saturated heterocycles. The Morgan fingerprint density at radius 3 is 2.50 bits per heavy atom. The Balaban J connectivity index is 1.53. The fourth-order valence-corrected chi connectivity index (χ4v) is 8.75. The summed E-state index contributed by atoms with van der Waals surface area (Å²) in [6.45, 7) is 11.1. The minimum Gasteiger partial charge on any atom is -0.463 e. The molecule has 3 aliphatic heterocycles. The zero-order valence-corrected chi connectivity index (χ0v) is 30.7. The number of nitrogens with one attached hydrogen (secondary N) is 1. The van der Waals surface area contributed by atoms with Crippen LogP contribution in [0.1, 0.15) is 51.1 Å². The molecule has 9 atom stereocenters. The monoisotopic (exact) mass is 769 g/mol. The first-order chi connectivity index (χ1) is 24.0. The van der Waals surface area contributed by atoms with Gasteiger partial charge in [-0.2, -0.15) is 0 Å². The Morgan fingerprint density at radius 2 is 1.88 bits per heavy atom. The van der Waals surface area contributed by atoms with Crippen molar-refractivity contribution in [3.05, 3.63) is 90.5 Å². The maximum absolute atomic E-state index is 14.9. The van der Waals surface area contributed by atoms with Crippen LogP contribution < -0.4 is 10.2 Å². The van der Waals surface area contributed by atoms with Crippen LogP contribution in [0.3, 0.4) is 0 Å². The zero-order valence-electron chi connectivity index (χ0n) is 28.4. The molecule has 3 aliphatic rings. The third kappa shape index (κ3) is 7.15. The van der Waals surface area contributed by atoms with Crippen LogP contribution in [-0.4, -0.2) is 82.1 Å². The van der Waals surface area contributed by atoms with Gasteiger partial charge in [0.05, 0.1) is 36.6 Å². The van der Waals surface area contributed by atoms with Crippen LogP contribution >= 0.6 is 27.5 Å². The van der Waals surface area contributed by atoms with Crippen LogP contribution in [0, 0.1) is 17.8 Å². The summed E-state index contributed by atoms with van der Waals surface area (Å²) in [5.74, 6) is -3.82. The van der Waals surface area contributed by atoms with Gasteiger partial charge in [0.1, 0.15) is 18.2 Å². The molecule has 12 heteroatoms. The van der Waals surface area contributed by atoms with Gasteiger partial charge in [0.25, 0.3) is 5.91 Å². The Bertz CT molecular complexity index is 1580. The summed E-state index contributed by atoms with van der Waals surface area (Å²) < 4.78 is 12.3. The number of hydrogen-bond donors (Lipinski definition) is 2. The van der Waals surface area contributed by atoms with Gasteiger partial charge in [0.15, 0.2) is 0 Å². The molecule has 2 aromatic carbocycles. The average Bonchev–Trinajstić information content (AvgIpc) is 3.72. The van der Waals surface area contributed by atoms with Gasteiger partial charge in [-0.1, -0.05) is 90.3 Å². The number of ether oxygens (including phenoxy) is 2. The average molecular weight is 771 g/mol. The van der Waals surface area contributed by atoms with E-state index in [-0.39, 0.29) is 36.9 Å². The number of amides is 3. The molecule has 2 N–H and O–H groups in total. The smallest absolute Gasteiger partial charge is 0.306 e. The number of fused-ring (bicyclic) bond motifs is 1. The number of esters is 1. The van der Waals surface area contributed by atoms with Crippen molar-refractivity contribution in [2.75, 3.05) is 24.7 Å². The number of allylic oxidation sites excluding steroid dienone is 1. The highest BCUT2D eigenvalue weighted by Gasteiger charge is 2.77. The number of likely N-dealkylation sites (tertiary alicyclic amines) is 1. The molecule has 0 aliphatic carbocycles. The predicted molar refractivity (Wildman–Crippen MR) is 195 cm³/mol. The van der Waals surface area contributed by atoms with E-state index < -0.39 is 65.4 Å². The summed E-state index contributed by atoms with van der Waals surface area (Å²) >= 11 is 9.91. The summed E-state index contributed by atoms with van der Waals surface area (Å²) in [5.41, 5.74) is -0.0819. The number of anilines is 1. The summed E-state index contributed by atoms with van der Waals surface area (Å²) in [6.07, 6.45) is 4.08. The normalized spacial score (nSPS) is 26.9. The molecule has 3 amide bonds. The van der Waals surface area contributed by atoms with Gasteiger partial charge in [0.2, 0.25) is 11.8 Å². The van der Waals surface area contributed by atoms with Gasteiger partial charge < -0.3 is 29.7 Å². The van der Waals surface area contributed by atoms with Gasteiger partial charge in [0, 0.05) is 28.5 Å². The van der Waals surface area contributed by atoms with E-state index in [2.05, 4.69) is 34.4 Å². The highest BCUT2D eigenvalue weighted by Crippen LogP contribution is 2.61. The molecule has 2 aromatic rings. The number of benzene rings is 2. The molecule has 1 spiro atoms. The Hall–Kier alpha value is -3.51. The molecule has 1 unspecified atom stereocenters. The lowest BCUT2D eigenvalue weighted by molar-refractivity contribution is -0.147. The number of aliphatic hydroxyl groups excluding tert-OH is 1. The number of rotatable bonds is 16. The third-order valence-corrected chi connectivity index (χ3v) is 11.4. The molecule has 0 radical (unpaired) electrons. The fraction of sp³-hybridized carbons (Fsp3) is 0.474. The van der Waals surface area contributed by atoms with E-state index in [4.69, 9.17) is 21.1 Å². The topological polar surface area (TPSA) is 125 Å². The summed E-state index contributed by atoms with van der Waals surface area (Å²) in [5, 5.41) is 14.3.